The summed E-state index contributed by atoms with van der Waals surface area (Å²) in [6, 6.07) is 7.86. The molecule has 2 aromatic rings. The molecule has 4 nitrogen and oxygen atoms in total. The molecule has 0 atom stereocenters. The van der Waals surface area contributed by atoms with Crippen molar-refractivity contribution >= 4 is 5.82 Å². The van der Waals surface area contributed by atoms with Gasteiger partial charge in [-0.1, -0.05) is 29.8 Å². The van der Waals surface area contributed by atoms with Crippen LogP contribution < -0.4 is 11.4 Å². The Morgan fingerprint density at radius 1 is 1.27 bits per heavy atom. The maximum Gasteiger partial charge on any atom is 0.346 e. The Morgan fingerprint density at radius 2 is 1.93 bits per heavy atom. The number of rotatable bonds is 1. The van der Waals surface area contributed by atoms with Gasteiger partial charge in [-0.15, -0.1) is 0 Å². The van der Waals surface area contributed by atoms with Crippen molar-refractivity contribution in [2.45, 2.75) is 6.92 Å². The van der Waals surface area contributed by atoms with Crippen LogP contribution in [0.3, 0.4) is 0 Å². The third-order valence-electron chi connectivity index (χ3n) is 2.21. The summed E-state index contributed by atoms with van der Waals surface area (Å²) in [5.74, 6) is 0.346. The fourth-order valence-electron chi connectivity index (χ4n) is 1.37. The fraction of sp³-hybridized carbons (Fsp3) is 0.0909. The van der Waals surface area contributed by atoms with Crippen molar-refractivity contribution in [3.63, 3.8) is 0 Å². The summed E-state index contributed by atoms with van der Waals surface area (Å²) in [5.41, 5.74) is 8.14. The zero-order chi connectivity index (χ0) is 10.8. The molecular weight excluding hydrogens is 190 g/mol. The number of aromatic nitrogens is 2. The summed E-state index contributed by atoms with van der Waals surface area (Å²) in [4.78, 5) is 17.0. The van der Waals surface area contributed by atoms with Crippen molar-refractivity contribution < 1.29 is 0 Å². The molecule has 0 radical (unpaired) electrons. The number of nitrogens with zero attached hydrogens (tertiary/aromatic N) is 1. The Hall–Kier alpha value is -2.10. The van der Waals surface area contributed by atoms with E-state index in [4.69, 9.17) is 5.73 Å². The van der Waals surface area contributed by atoms with E-state index in [1.165, 1.54) is 11.8 Å². The van der Waals surface area contributed by atoms with Crippen LogP contribution in [0.5, 0.6) is 0 Å². The molecule has 4 heteroatoms. The summed E-state index contributed by atoms with van der Waals surface area (Å²) < 4.78 is 0. The molecule has 1 heterocycles. The zero-order valence-electron chi connectivity index (χ0n) is 8.32. The highest BCUT2D eigenvalue weighted by Crippen LogP contribution is 2.22. The lowest BCUT2D eigenvalue weighted by molar-refractivity contribution is 1.09. The highest BCUT2D eigenvalue weighted by molar-refractivity contribution is 5.72. The predicted octanol–water partition coefficient (Wildman–Crippen LogP) is 1.33. The largest absolute Gasteiger partial charge is 0.385 e. The Kier molecular flexibility index (Phi) is 2.25. The molecule has 0 fully saturated rings. The number of nitrogens with one attached hydrogen (secondary N) is 1. The van der Waals surface area contributed by atoms with Crippen molar-refractivity contribution in [3.05, 3.63) is 46.5 Å². The van der Waals surface area contributed by atoms with Crippen LogP contribution in [0.25, 0.3) is 11.1 Å². The van der Waals surface area contributed by atoms with E-state index >= 15 is 0 Å². The Bertz CT molecular complexity index is 528. The van der Waals surface area contributed by atoms with E-state index in [0.29, 0.717) is 5.82 Å². The lowest BCUT2D eigenvalue weighted by Crippen LogP contribution is -2.12. The molecule has 1 aromatic heterocycles. The SMILES string of the molecule is Cc1ccc(-c2cnc(=O)[nH]c2N)cc1. The molecule has 0 amide bonds. The van der Waals surface area contributed by atoms with Crippen LogP contribution in [0, 0.1) is 6.92 Å². The number of nitrogen functional groups attached to an aromatic ring is 1. The molecule has 0 aliphatic carbocycles. The third kappa shape index (κ3) is 1.88. The van der Waals surface area contributed by atoms with Gasteiger partial charge in [-0.2, -0.15) is 0 Å². The van der Waals surface area contributed by atoms with Gasteiger partial charge in [-0.25, -0.2) is 9.78 Å². The predicted molar refractivity (Wildman–Crippen MR) is 59.4 cm³/mol. The number of hydrogen-bond donors (Lipinski definition) is 2. The molecule has 0 aliphatic rings. The number of nitrogens with two attached hydrogens (primary N) is 1. The summed E-state index contributed by atoms with van der Waals surface area (Å²) in [7, 11) is 0. The first kappa shape index (κ1) is 9.45. The molecule has 0 saturated heterocycles. The van der Waals surface area contributed by atoms with Gasteiger partial charge in [-0.05, 0) is 12.5 Å². The van der Waals surface area contributed by atoms with E-state index in [2.05, 4.69) is 9.97 Å². The maximum absolute atomic E-state index is 10.9. The molecule has 0 unspecified atom stereocenters. The monoisotopic (exact) mass is 201 g/mol. The van der Waals surface area contributed by atoms with Crippen molar-refractivity contribution in [1.29, 1.82) is 0 Å². The molecule has 0 spiro atoms. The van der Waals surface area contributed by atoms with Gasteiger partial charge in [0.15, 0.2) is 0 Å². The van der Waals surface area contributed by atoms with Crippen LogP contribution in [0.1, 0.15) is 5.56 Å². The van der Waals surface area contributed by atoms with Crippen LogP contribution in [-0.2, 0) is 0 Å². The normalized spacial score (nSPS) is 10.2. The lowest BCUT2D eigenvalue weighted by atomic mass is 10.1. The smallest absolute Gasteiger partial charge is 0.346 e. The number of anilines is 1. The second-order valence-corrected chi connectivity index (χ2v) is 3.38. The fourth-order valence-corrected chi connectivity index (χ4v) is 1.37. The van der Waals surface area contributed by atoms with E-state index in [0.717, 1.165) is 11.1 Å². The number of aromatic amines is 1. The second kappa shape index (κ2) is 3.57. The minimum Gasteiger partial charge on any atom is -0.385 e. The third-order valence-corrected chi connectivity index (χ3v) is 2.21. The summed E-state index contributed by atoms with van der Waals surface area (Å²) >= 11 is 0. The Balaban J connectivity index is 2.54. The van der Waals surface area contributed by atoms with Gasteiger partial charge in [0.25, 0.3) is 0 Å². The van der Waals surface area contributed by atoms with Gasteiger partial charge < -0.3 is 5.73 Å². The molecule has 15 heavy (non-hydrogen) atoms. The standard InChI is InChI=1S/C11H11N3O/c1-7-2-4-8(5-3-7)9-6-13-11(15)14-10(9)12/h2-6H,1H3,(H3,12,13,14,15). The number of benzene rings is 1. The lowest BCUT2D eigenvalue weighted by Gasteiger charge is -2.04. The molecule has 0 bridgehead atoms. The average Bonchev–Trinajstić information content (AvgIpc) is 2.20. The van der Waals surface area contributed by atoms with Crippen LogP contribution in [-0.4, -0.2) is 9.97 Å². The van der Waals surface area contributed by atoms with Crippen LogP contribution in [0.15, 0.2) is 35.3 Å². The second-order valence-electron chi connectivity index (χ2n) is 3.38. The first-order valence-electron chi connectivity index (χ1n) is 4.58. The number of aryl methyl sites for hydroxylation is 1. The molecule has 0 aliphatic heterocycles. The Labute approximate surface area is 86.8 Å². The molecule has 0 saturated carbocycles. The van der Waals surface area contributed by atoms with Gasteiger partial charge >= 0.3 is 5.69 Å². The van der Waals surface area contributed by atoms with Crippen molar-refractivity contribution in [2.75, 3.05) is 5.73 Å². The van der Waals surface area contributed by atoms with Crippen molar-refractivity contribution in [3.8, 4) is 11.1 Å². The summed E-state index contributed by atoms with van der Waals surface area (Å²) in [6.45, 7) is 2.01. The minimum absolute atomic E-state index is 0.346. The van der Waals surface area contributed by atoms with E-state index in [-0.39, 0.29) is 0 Å². The van der Waals surface area contributed by atoms with Crippen molar-refractivity contribution in [1.82, 2.24) is 9.97 Å². The average molecular weight is 201 g/mol. The van der Waals surface area contributed by atoms with E-state index in [1.807, 2.05) is 31.2 Å². The van der Waals surface area contributed by atoms with Crippen LogP contribution in [0.2, 0.25) is 0 Å². The first-order chi connectivity index (χ1) is 7.16. The molecule has 1 aromatic carbocycles. The van der Waals surface area contributed by atoms with Gasteiger partial charge in [0.05, 0.1) is 0 Å². The summed E-state index contributed by atoms with van der Waals surface area (Å²) in [5, 5.41) is 0. The van der Waals surface area contributed by atoms with Gasteiger partial charge in [-0.3, -0.25) is 4.98 Å². The topological polar surface area (TPSA) is 71.8 Å². The molecule has 3 N–H and O–H groups in total. The van der Waals surface area contributed by atoms with E-state index in [1.54, 1.807) is 0 Å². The zero-order valence-corrected chi connectivity index (χ0v) is 8.32. The van der Waals surface area contributed by atoms with Gasteiger partial charge in [0, 0.05) is 11.8 Å². The molecule has 2 rings (SSSR count). The van der Waals surface area contributed by atoms with Crippen molar-refractivity contribution in [2.24, 2.45) is 0 Å². The number of H-pyrrole nitrogens is 1. The molecular formula is C11H11N3O. The highest BCUT2D eigenvalue weighted by Gasteiger charge is 2.03. The van der Waals surface area contributed by atoms with Gasteiger partial charge in [0.1, 0.15) is 5.82 Å². The van der Waals surface area contributed by atoms with E-state index in [9.17, 15) is 4.79 Å². The number of hydrogen-bond acceptors (Lipinski definition) is 3. The van der Waals surface area contributed by atoms with Crippen LogP contribution in [0.4, 0.5) is 5.82 Å². The minimum atomic E-state index is -0.427. The highest BCUT2D eigenvalue weighted by atomic mass is 16.1. The first-order valence-corrected chi connectivity index (χ1v) is 4.58. The Morgan fingerprint density at radius 3 is 2.53 bits per heavy atom. The molecule has 76 valence electrons. The van der Waals surface area contributed by atoms with E-state index < -0.39 is 5.69 Å². The van der Waals surface area contributed by atoms with Gasteiger partial charge in [0.2, 0.25) is 0 Å². The summed E-state index contributed by atoms with van der Waals surface area (Å²) in [6.07, 6.45) is 1.48. The van der Waals surface area contributed by atoms with Crippen LogP contribution >= 0.6 is 0 Å². The quantitative estimate of drug-likeness (QED) is 0.731. The maximum atomic E-state index is 10.9.